The van der Waals surface area contributed by atoms with Crippen LogP contribution in [0.5, 0.6) is 5.75 Å². The molecule has 29 heavy (non-hydrogen) atoms. The summed E-state index contributed by atoms with van der Waals surface area (Å²) in [4.78, 5) is 37.3. The number of thiophene rings is 1. The molecule has 0 radical (unpaired) electrons. The highest BCUT2D eigenvalue weighted by molar-refractivity contribution is 7.18. The summed E-state index contributed by atoms with van der Waals surface area (Å²) in [5, 5.41) is 6.04. The lowest BCUT2D eigenvalue weighted by Gasteiger charge is -2.16. The number of methoxy groups -OCH3 is 1. The van der Waals surface area contributed by atoms with Gasteiger partial charge in [0, 0.05) is 17.2 Å². The van der Waals surface area contributed by atoms with Crippen molar-refractivity contribution in [3.63, 3.8) is 0 Å². The molecule has 0 fully saturated rings. The Kier molecular flexibility index (Phi) is 7.02. The molecule has 1 aromatic heterocycles. The van der Waals surface area contributed by atoms with Crippen molar-refractivity contribution in [2.24, 2.45) is 5.41 Å². The molecule has 0 spiro atoms. The van der Waals surface area contributed by atoms with E-state index in [0.29, 0.717) is 26.9 Å². The van der Waals surface area contributed by atoms with E-state index in [4.69, 9.17) is 9.47 Å². The molecule has 1 aromatic carbocycles. The van der Waals surface area contributed by atoms with Gasteiger partial charge in [-0.05, 0) is 37.6 Å². The maximum Gasteiger partial charge on any atom is 0.349 e. The van der Waals surface area contributed by atoms with E-state index in [1.165, 1.54) is 14.0 Å². The minimum absolute atomic E-state index is 0.148. The van der Waals surface area contributed by atoms with E-state index in [0.717, 1.165) is 11.3 Å². The summed E-state index contributed by atoms with van der Waals surface area (Å²) >= 11 is 1.12. The highest BCUT2D eigenvalue weighted by atomic mass is 32.1. The molecule has 2 rings (SSSR count). The molecule has 0 aliphatic heterocycles. The largest absolute Gasteiger partial charge is 0.497 e. The van der Waals surface area contributed by atoms with E-state index in [1.807, 2.05) is 0 Å². The molecule has 2 N–H and O–H groups in total. The fraction of sp³-hybridized carbons (Fsp3) is 0.381. The van der Waals surface area contributed by atoms with Crippen molar-refractivity contribution in [1.82, 2.24) is 0 Å². The number of benzene rings is 1. The molecular formula is C21H26N2O5S. The Hall–Kier alpha value is -2.87. The zero-order valence-electron chi connectivity index (χ0n) is 17.4. The lowest BCUT2D eigenvalue weighted by atomic mass is 9.96. The maximum atomic E-state index is 12.5. The average molecular weight is 419 g/mol. The number of ether oxygens (including phenoxy) is 2. The van der Waals surface area contributed by atoms with Crippen LogP contribution in [-0.2, 0) is 14.3 Å². The normalized spacial score (nSPS) is 12.1. The van der Waals surface area contributed by atoms with Crippen molar-refractivity contribution in [3.8, 4) is 5.75 Å². The zero-order valence-corrected chi connectivity index (χ0v) is 18.2. The molecule has 0 saturated heterocycles. The number of anilines is 2. The summed E-state index contributed by atoms with van der Waals surface area (Å²) in [6.45, 7) is 8.67. The van der Waals surface area contributed by atoms with E-state index < -0.39 is 23.4 Å². The molecule has 0 aliphatic rings. The van der Waals surface area contributed by atoms with E-state index in [-0.39, 0.29) is 5.91 Å². The van der Waals surface area contributed by atoms with Crippen LogP contribution in [0.1, 0.15) is 42.9 Å². The van der Waals surface area contributed by atoms with Gasteiger partial charge in [0.25, 0.3) is 5.91 Å². The highest BCUT2D eigenvalue weighted by Crippen LogP contribution is 2.29. The van der Waals surface area contributed by atoms with E-state index in [9.17, 15) is 14.4 Å². The lowest BCUT2D eigenvalue weighted by Crippen LogP contribution is -2.29. The molecule has 7 nitrogen and oxygen atoms in total. The number of esters is 1. The van der Waals surface area contributed by atoms with Gasteiger partial charge in [0.1, 0.15) is 10.6 Å². The number of hydrogen-bond donors (Lipinski definition) is 2. The number of carbonyl (C=O) groups is 3. The number of carbonyl (C=O) groups excluding carboxylic acids is 3. The van der Waals surface area contributed by atoms with Crippen molar-refractivity contribution in [2.75, 3.05) is 17.7 Å². The van der Waals surface area contributed by atoms with Gasteiger partial charge in [-0.1, -0.05) is 26.8 Å². The van der Waals surface area contributed by atoms with Gasteiger partial charge >= 0.3 is 5.97 Å². The van der Waals surface area contributed by atoms with Crippen molar-refractivity contribution in [2.45, 2.75) is 40.7 Å². The molecule has 1 heterocycles. The molecule has 2 amide bonds. The van der Waals surface area contributed by atoms with Crippen molar-refractivity contribution < 1.29 is 23.9 Å². The van der Waals surface area contributed by atoms with Crippen molar-refractivity contribution in [3.05, 3.63) is 40.8 Å². The van der Waals surface area contributed by atoms with Gasteiger partial charge < -0.3 is 20.1 Å². The Morgan fingerprint density at radius 2 is 1.79 bits per heavy atom. The Morgan fingerprint density at radius 1 is 1.10 bits per heavy atom. The SMILES string of the molecule is COc1cccc(NC(=O)C(C)OC(=O)c2sc(NC(=O)C(C)(C)C)cc2C)c1. The van der Waals surface area contributed by atoms with Crippen LogP contribution in [0.25, 0.3) is 0 Å². The van der Waals surface area contributed by atoms with E-state index in [2.05, 4.69) is 10.6 Å². The molecule has 156 valence electrons. The quantitative estimate of drug-likeness (QED) is 0.685. The Labute approximate surface area is 174 Å². The second-order valence-corrected chi connectivity index (χ2v) is 8.65. The number of aryl methyl sites for hydroxylation is 1. The first-order valence-electron chi connectivity index (χ1n) is 9.09. The smallest absolute Gasteiger partial charge is 0.349 e. The van der Waals surface area contributed by atoms with Crippen LogP contribution in [0.4, 0.5) is 10.7 Å². The summed E-state index contributed by atoms with van der Waals surface area (Å²) in [5.41, 5.74) is 0.659. The number of rotatable bonds is 6. The van der Waals surface area contributed by atoms with Gasteiger partial charge in [0.05, 0.1) is 12.1 Å². The summed E-state index contributed by atoms with van der Waals surface area (Å²) in [6, 6.07) is 8.59. The minimum atomic E-state index is -0.997. The first-order valence-corrected chi connectivity index (χ1v) is 9.90. The van der Waals surface area contributed by atoms with Gasteiger partial charge in [-0.15, -0.1) is 11.3 Å². The van der Waals surface area contributed by atoms with Crippen LogP contribution in [0, 0.1) is 12.3 Å². The zero-order chi connectivity index (χ0) is 21.8. The Bertz CT molecular complexity index is 914. The summed E-state index contributed by atoms with van der Waals surface area (Å²) in [5.74, 6) is -0.615. The predicted molar refractivity (Wildman–Crippen MR) is 114 cm³/mol. The van der Waals surface area contributed by atoms with Gasteiger partial charge in [0.2, 0.25) is 5.91 Å². The standard InChI is InChI=1S/C21H26N2O5S/c1-12-10-16(23-20(26)21(3,4)5)29-17(12)19(25)28-13(2)18(24)22-14-8-7-9-15(11-14)27-6/h7-11,13H,1-6H3,(H,22,24)(H,23,26). The fourth-order valence-electron chi connectivity index (χ4n) is 2.26. The van der Waals surface area contributed by atoms with Crippen molar-refractivity contribution >= 4 is 39.8 Å². The van der Waals surface area contributed by atoms with Crippen LogP contribution < -0.4 is 15.4 Å². The molecular weight excluding hydrogens is 392 g/mol. The lowest BCUT2D eigenvalue weighted by molar-refractivity contribution is -0.124. The third kappa shape index (κ3) is 6.05. The average Bonchev–Trinajstić information content (AvgIpc) is 3.01. The number of amides is 2. The van der Waals surface area contributed by atoms with E-state index >= 15 is 0 Å². The third-order valence-corrected chi connectivity index (χ3v) is 5.14. The summed E-state index contributed by atoms with van der Waals surface area (Å²) in [6.07, 6.45) is -0.997. The Morgan fingerprint density at radius 3 is 2.41 bits per heavy atom. The summed E-state index contributed by atoms with van der Waals surface area (Å²) in [7, 11) is 1.53. The van der Waals surface area contributed by atoms with Crippen LogP contribution in [0.15, 0.2) is 30.3 Å². The fourth-order valence-corrected chi connectivity index (χ4v) is 3.21. The molecule has 1 atom stereocenters. The highest BCUT2D eigenvalue weighted by Gasteiger charge is 2.25. The first-order chi connectivity index (χ1) is 13.5. The molecule has 2 aromatic rings. The maximum absolute atomic E-state index is 12.5. The van der Waals surface area contributed by atoms with Crippen LogP contribution in [0.2, 0.25) is 0 Å². The van der Waals surface area contributed by atoms with Gasteiger partial charge in [-0.3, -0.25) is 9.59 Å². The number of nitrogens with one attached hydrogen (secondary N) is 2. The van der Waals surface area contributed by atoms with Crippen LogP contribution in [-0.4, -0.2) is 31.0 Å². The molecule has 0 bridgehead atoms. The second-order valence-electron chi connectivity index (χ2n) is 7.60. The van der Waals surface area contributed by atoms with Crippen molar-refractivity contribution in [1.29, 1.82) is 0 Å². The second kappa shape index (κ2) is 9.09. The first kappa shape index (κ1) is 22.4. The van der Waals surface area contributed by atoms with E-state index in [1.54, 1.807) is 58.0 Å². The molecule has 1 unspecified atom stereocenters. The summed E-state index contributed by atoms with van der Waals surface area (Å²) < 4.78 is 10.4. The molecule has 8 heteroatoms. The van der Waals surface area contributed by atoms with Gasteiger partial charge in [-0.2, -0.15) is 0 Å². The van der Waals surface area contributed by atoms with Crippen LogP contribution >= 0.6 is 11.3 Å². The topological polar surface area (TPSA) is 93.7 Å². The minimum Gasteiger partial charge on any atom is -0.497 e. The van der Waals surface area contributed by atoms with Gasteiger partial charge in [-0.25, -0.2) is 4.79 Å². The van der Waals surface area contributed by atoms with Gasteiger partial charge in [0.15, 0.2) is 6.10 Å². The molecule has 0 aliphatic carbocycles. The molecule has 0 saturated carbocycles. The Balaban J connectivity index is 2.01. The van der Waals surface area contributed by atoms with Crippen LogP contribution in [0.3, 0.4) is 0 Å². The monoisotopic (exact) mass is 418 g/mol. The number of hydrogen-bond acceptors (Lipinski definition) is 6. The third-order valence-electron chi connectivity index (χ3n) is 4.01. The predicted octanol–water partition coefficient (Wildman–Crippen LogP) is 4.23.